The van der Waals surface area contributed by atoms with Crippen LogP contribution in [-0.4, -0.2) is 47.6 Å². The Bertz CT molecular complexity index is 947. The van der Waals surface area contributed by atoms with Crippen molar-refractivity contribution in [2.24, 2.45) is 17.6 Å². The van der Waals surface area contributed by atoms with E-state index in [4.69, 9.17) is 5.73 Å². The molecule has 3 rings (SSSR count). The number of aromatic nitrogens is 4. The van der Waals surface area contributed by atoms with E-state index in [-0.39, 0.29) is 34.6 Å². The third-order valence-electron chi connectivity index (χ3n) is 5.65. The Morgan fingerprint density at radius 3 is 2.41 bits per heavy atom. The Labute approximate surface area is 171 Å². The average molecular weight is 422 g/mol. The molecular formula is C19H29N6O3S+. The number of nitrogens with one attached hydrogen (secondary N) is 1. The zero-order valence-electron chi connectivity index (χ0n) is 17.1. The molecule has 1 aromatic carbocycles. The highest BCUT2D eigenvalue weighted by Crippen LogP contribution is 2.21. The van der Waals surface area contributed by atoms with Crippen LogP contribution in [0.2, 0.25) is 0 Å². The molecule has 1 fully saturated rings. The largest absolute Gasteiger partial charge is 0.369 e. The van der Waals surface area contributed by atoms with Gasteiger partial charge in [-0.2, -0.15) is 0 Å². The van der Waals surface area contributed by atoms with Crippen LogP contribution in [0, 0.1) is 18.8 Å². The van der Waals surface area contributed by atoms with Crippen LogP contribution in [0.15, 0.2) is 29.2 Å². The number of piperidine rings is 1. The number of nitrogens with two attached hydrogens (primary N) is 1. The van der Waals surface area contributed by atoms with Crippen molar-refractivity contribution in [2.75, 3.05) is 13.1 Å². The zero-order valence-corrected chi connectivity index (χ0v) is 17.9. The lowest BCUT2D eigenvalue weighted by Crippen LogP contribution is -3.14. The lowest BCUT2D eigenvalue weighted by Gasteiger charge is -2.35. The second-order valence-corrected chi connectivity index (χ2v) is 10.1. The first-order valence-electron chi connectivity index (χ1n) is 9.88. The predicted octanol–water partition coefficient (Wildman–Crippen LogP) is -0.110. The number of carbonyl (C=O) groups excluding carboxylic acids is 1. The van der Waals surface area contributed by atoms with E-state index in [1.54, 1.807) is 24.3 Å². The van der Waals surface area contributed by atoms with Crippen LogP contribution < -0.4 is 10.6 Å². The minimum atomic E-state index is -3.58. The molecule has 2 aromatic rings. The molecule has 0 saturated carbocycles. The van der Waals surface area contributed by atoms with Gasteiger partial charge in [0.15, 0.2) is 21.8 Å². The molecule has 0 bridgehead atoms. The summed E-state index contributed by atoms with van der Waals surface area (Å²) in [5, 5.41) is 11.9. The molecule has 9 nitrogen and oxygen atoms in total. The fourth-order valence-electron chi connectivity index (χ4n) is 4.04. The van der Waals surface area contributed by atoms with Gasteiger partial charge in [0.2, 0.25) is 11.7 Å². The minimum Gasteiger partial charge on any atom is -0.369 e. The number of likely N-dealkylation sites (tertiary alicyclic amines) is 1. The maximum absolute atomic E-state index is 12.9. The number of quaternary nitrogens is 1. The summed E-state index contributed by atoms with van der Waals surface area (Å²) in [6.07, 6.45) is 1.44. The Balaban J connectivity index is 1.83. The van der Waals surface area contributed by atoms with Gasteiger partial charge in [-0.1, -0.05) is 31.5 Å². The smallest absolute Gasteiger partial charge is 0.220 e. The highest BCUT2D eigenvalue weighted by molar-refractivity contribution is 7.90. The van der Waals surface area contributed by atoms with Gasteiger partial charge in [0.25, 0.3) is 0 Å². The summed E-state index contributed by atoms with van der Waals surface area (Å²) >= 11 is 0. The van der Waals surface area contributed by atoms with Crippen molar-refractivity contribution in [3.8, 4) is 0 Å². The summed E-state index contributed by atoms with van der Waals surface area (Å²) in [4.78, 5) is 13.0. The fourth-order valence-corrected chi connectivity index (χ4v) is 5.25. The lowest BCUT2D eigenvalue weighted by molar-refractivity contribution is -0.941. The molecule has 0 aliphatic carbocycles. The second kappa shape index (κ2) is 8.58. The summed E-state index contributed by atoms with van der Waals surface area (Å²) in [6.45, 7) is 7.60. The number of sulfone groups is 1. The summed E-state index contributed by atoms with van der Waals surface area (Å²) in [5.74, 6) is 0.104. The number of tetrazole rings is 1. The van der Waals surface area contributed by atoms with Gasteiger partial charge in [0.1, 0.15) is 0 Å². The Morgan fingerprint density at radius 2 is 1.86 bits per heavy atom. The summed E-state index contributed by atoms with van der Waals surface area (Å²) < 4.78 is 27.1. The number of hydrogen-bond acceptors (Lipinski definition) is 6. The molecule has 1 atom stereocenters. The monoisotopic (exact) mass is 421 g/mol. The van der Waals surface area contributed by atoms with E-state index >= 15 is 0 Å². The molecule has 1 aliphatic heterocycles. The molecule has 2 heterocycles. The van der Waals surface area contributed by atoms with E-state index in [9.17, 15) is 13.2 Å². The van der Waals surface area contributed by atoms with Gasteiger partial charge in [-0.05, 0) is 29.5 Å². The van der Waals surface area contributed by atoms with E-state index in [1.807, 2.05) is 6.92 Å². The molecule has 0 unspecified atom stereocenters. The number of amides is 1. The number of carbonyl (C=O) groups is 1. The quantitative estimate of drug-likeness (QED) is 0.643. The van der Waals surface area contributed by atoms with E-state index in [0.29, 0.717) is 5.82 Å². The van der Waals surface area contributed by atoms with Crippen LogP contribution in [0.5, 0.6) is 0 Å². The average Bonchev–Trinajstić information content (AvgIpc) is 3.09. The molecule has 0 radical (unpaired) electrons. The van der Waals surface area contributed by atoms with Crippen molar-refractivity contribution in [1.82, 2.24) is 20.2 Å². The minimum absolute atomic E-state index is 0.0629. The first-order valence-corrected chi connectivity index (χ1v) is 11.5. The van der Waals surface area contributed by atoms with Crippen molar-refractivity contribution in [3.63, 3.8) is 0 Å². The van der Waals surface area contributed by atoms with E-state index < -0.39 is 9.84 Å². The lowest BCUT2D eigenvalue weighted by atomic mass is 9.92. The predicted molar refractivity (Wildman–Crippen MR) is 106 cm³/mol. The van der Waals surface area contributed by atoms with Crippen LogP contribution in [0.4, 0.5) is 0 Å². The molecule has 1 amide bonds. The summed E-state index contributed by atoms with van der Waals surface area (Å²) in [7, 11) is -3.58. The topological polar surface area (TPSA) is 125 Å². The number of primary amides is 1. The normalized spacial score (nSPS) is 21.2. The number of rotatable bonds is 7. The van der Waals surface area contributed by atoms with Gasteiger partial charge in [-0.3, -0.25) is 4.79 Å². The van der Waals surface area contributed by atoms with E-state index in [0.717, 1.165) is 31.5 Å². The standard InChI is InChI=1S/C19H28N6O3S/c1-13(2)17(24-10-8-15(9-11-24)18(20)26)19-21-22-23-25(19)12-29(27,28)16-6-4-14(3)5-7-16/h4-7,13,15,17H,8-12H2,1-3H3,(H2,20,26)/p+1/t17-/m1/s1. The number of aryl methyl sites for hydroxylation is 1. The van der Waals surface area contributed by atoms with Crippen molar-refractivity contribution >= 4 is 15.7 Å². The van der Waals surface area contributed by atoms with Gasteiger partial charge in [0, 0.05) is 24.7 Å². The molecule has 1 aliphatic rings. The van der Waals surface area contributed by atoms with Gasteiger partial charge < -0.3 is 10.6 Å². The molecule has 1 saturated heterocycles. The Hall–Kier alpha value is -2.33. The van der Waals surface area contributed by atoms with Crippen molar-refractivity contribution < 1.29 is 18.1 Å². The Morgan fingerprint density at radius 1 is 1.24 bits per heavy atom. The van der Waals surface area contributed by atoms with Crippen LogP contribution in [0.3, 0.4) is 0 Å². The first-order chi connectivity index (χ1) is 13.7. The van der Waals surface area contributed by atoms with Gasteiger partial charge in [0.05, 0.1) is 18.0 Å². The molecule has 1 aromatic heterocycles. The third kappa shape index (κ3) is 4.81. The van der Waals surface area contributed by atoms with Crippen molar-refractivity contribution in [3.05, 3.63) is 35.7 Å². The van der Waals surface area contributed by atoms with Crippen LogP contribution in [0.25, 0.3) is 0 Å². The highest BCUT2D eigenvalue weighted by atomic mass is 32.2. The van der Waals surface area contributed by atoms with E-state index in [2.05, 4.69) is 29.4 Å². The van der Waals surface area contributed by atoms with Crippen LogP contribution in [0.1, 0.15) is 44.1 Å². The molecular weight excluding hydrogens is 392 g/mol. The fraction of sp³-hybridized carbons (Fsp3) is 0.579. The number of hydrogen-bond donors (Lipinski definition) is 2. The van der Waals surface area contributed by atoms with Gasteiger partial charge >= 0.3 is 0 Å². The maximum Gasteiger partial charge on any atom is 0.220 e. The summed E-state index contributed by atoms with van der Waals surface area (Å²) in [6, 6.07) is 6.70. The van der Waals surface area contributed by atoms with Crippen molar-refractivity contribution in [1.29, 1.82) is 0 Å². The SMILES string of the molecule is Cc1ccc(S(=O)(=O)Cn2nnnc2[C@@H](C(C)C)[NH+]2CCC(C(N)=O)CC2)cc1. The molecule has 3 N–H and O–H groups in total. The van der Waals surface area contributed by atoms with Gasteiger partial charge in [-0.25, -0.2) is 13.1 Å². The van der Waals surface area contributed by atoms with E-state index in [1.165, 1.54) is 9.58 Å². The molecule has 10 heteroatoms. The Kier molecular flexibility index (Phi) is 6.33. The second-order valence-electron chi connectivity index (χ2n) is 8.15. The molecule has 29 heavy (non-hydrogen) atoms. The van der Waals surface area contributed by atoms with Crippen LogP contribution in [-0.2, 0) is 20.5 Å². The third-order valence-corrected chi connectivity index (χ3v) is 7.22. The first kappa shape index (κ1) is 21.4. The number of nitrogens with zero attached hydrogens (tertiary/aromatic N) is 4. The highest BCUT2D eigenvalue weighted by Gasteiger charge is 2.37. The summed E-state index contributed by atoms with van der Waals surface area (Å²) in [5.41, 5.74) is 6.45. The molecule has 158 valence electrons. The van der Waals surface area contributed by atoms with Gasteiger partial charge in [-0.15, -0.1) is 5.10 Å². The maximum atomic E-state index is 12.9. The molecule has 0 spiro atoms. The number of benzene rings is 1. The van der Waals surface area contributed by atoms with Crippen LogP contribution >= 0.6 is 0 Å². The van der Waals surface area contributed by atoms with Crippen molar-refractivity contribution in [2.45, 2.75) is 50.4 Å². The zero-order chi connectivity index (χ0) is 21.2.